The summed E-state index contributed by atoms with van der Waals surface area (Å²) in [5.74, 6) is -0.0528. The fourth-order valence-electron chi connectivity index (χ4n) is 1.63. The summed E-state index contributed by atoms with van der Waals surface area (Å²) >= 11 is 0. The normalized spacial score (nSPS) is 17.1. The predicted octanol–water partition coefficient (Wildman–Crippen LogP) is 1.42. The van der Waals surface area contributed by atoms with E-state index < -0.39 is 5.54 Å². The van der Waals surface area contributed by atoms with Gasteiger partial charge in [-0.15, -0.1) is 0 Å². The summed E-state index contributed by atoms with van der Waals surface area (Å²) in [7, 11) is 0. The Morgan fingerprint density at radius 3 is 2.29 bits per heavy atom. The van der Waals surface area contributed by atoms with Crippen LogP contribution in [0, 0.1) is 0 Å². The lowest BCUT2D eigenvalue weighted by atomic mass is 10.0. The molecule has 1 aromatic rings. The van der Waals surface area contributed by atoms with Crippen LogP contribution in [-0.2, 0) is 10.3 Å². The molecule has 0 saturated heterocycles. The molecule has 0 radical (unpaired) electrons. The maximum absolute atomic E-state index is 10.2. The van der Waals surface area contributed by atoms with Gasteiger partial charge in [0.25, 0.3) is 0 Å². The van der Waals surface area contributed by atoms with Crippen LogP contribution in [0.25, 0.3) is 0 Å². The van der Waals surface area contributed by atoms with E-state index in [1.807, 2.05) is 0 Å². The number of benzene rings is 1. The topological polar surface area (TPSA) is 69.9 Å². The van der Waals surface area contributed by atoms with Gasteiger partial charge in [-0.2, -0.15) is 4.99 Å². The monoisotopic (exact) mass is 191 g/mol. The summed E-state index contributed by atoms with van der Waals surface area (Å²) in [6, 6.07) is 4.47. The Morgan fingerprint density at radius 1 is 1.29 bits per heavy atom. The van der Waals surface area contributed by atoms with Gasteiger partial charge in [0.1, 0.15) is 17.0 Å². The summed E-state index contributed by atoms with van der Waals surface area (Å²) in [5, 5.41) is 19.1. The Hall–Kier alpha value is -1.80. The molecule has 4 nitrogen and oxygen atoms in total. The lowest BCUT2D eigenvalue weighted by Crippen LogP contribution is -2.02. The van der Waals surface area contributed by atoms with Crippen molar-refractivity contribution >= 4 is 6.08 Å². The molecule has 2 N–H and O–H groups in total. The average Bonchev–Trinajstić information content (AvgIpc) is 2.86. The SMILES string of the molecule is O=C=NC1(c2c(O)cccc2O)CC1. The lowest BCUT2D eigenvalue weighted by Gasteiger charge is -2.11. The van der Waals surface area contributed by atoms with Crippen molar-refractivity contribution in [2.75, 3.05) is 0 Å². The molecular formula is C10H9NO3. The van der Waals surface area contributed by atoms with Crippen molar-refractivity contribution in [3.8, 4) is 11.5 Å². The van der Waals surface area contributed by atoms with Crippen LogP contribution < -0.4 is 0 Å². The highest BCUT2D eigenvalue weighted by Gasteiger charge is 2.48. The van der Waals surface area contributed by atoms with Crippen molar-refractivity contribution in [2.24, 2.45) is 4.99 Å². The molecule has 0 heterocycles. The number of aliphatic imine (C=N–C) groups is 1. The standard InChI is InChI=1S/C10H9NO3/c12-6-11-10(4-5-10)9-7(13)2-1-3-8(9)14/h1-3,13-14H,4-5H2. The van der Waals surface area contributed by atoms with Crippen LogP contribution in [0.1, 0.15) is 18.4 Å². The van der Waals surface area contributed by atoms with E-state index in [0.717, 1.165) is 0 Å². The van der Waals surface area contributed by atoms with Crippen molar-refractivity contribution in [1.29, 1.82) is 0 Å². The van der Waals surface area contributed by atoms with Gasteiger partial charge in [-0.05, 0) is 25.0 Å². The van der Waals surface area contributed by atoms with Crippen molar-refractivity contribution in [3.63, 3.8) is 0 Å². The third-order valence-corrected chi connectivity index (χ3v) is 2.47. The maximum atomic E-state index is 10.2. The quantitative estimate of drug-likeness (QED) is 0.548. The number of phenols is 2. The van der Waals surface area contributed by atoms with E-state index in [-0.39, 0.29) is 11.5 Å². The summed E-state index contributed by atoms with van der Waals surface area (Å²) in [4.78, 5) is 13.8. The van der Waals surface area contributed by atoms with Gasteiger partial charge in [-0.25, -0.2) is 4.79 Å². The van der Waals surface area contributed by atoms with Crippen molar-refractivity contribution < 1.29 is 15.0 Å². The Kier molecular flexibility index (Phi) is 1.79. The fourth-order valence-corrected chi connectivity index (χ4v) is 1.63. The largest absolute Gasteiger partial charge is 0.507 e. The Labute approximate surface area is 80.5 Å². The maximum Gasteiger partial charge on any atom is 0.235 e. The Bertz CT molecular complexity index is 397. The number of rotatable bonds is 2. The number of hydrogen-bond acceptors (Lipinski definition) is 4. The predicted molar refractivity (Wildman–Crippen MR) is 48.8 cm³/mol. The summed E-state index contributed by atoms with van der Waals surface area (Å²) in [6.45, 7) is 0. The van der Waals surface area contributed by atoms with Crippen molar-refractivity contribution in [2.45, 2.75) is 18.4 Å². The van der Waals surface area contributed by atoms with Crippen LogP contribution in [0.3, 0.4) is 0 Å². The second kappa shape index (κ2) is 2.86. The number of hydrogen-bond donors (Lipinski definition) is 2. The Morgan fingerprint density at radius 2 is 1.86 bits per heavy atom. The second-order valence-corrected chi connectivity index (χ2v) is 3.41. The second-order valence-electron chi connectivity index (χ2n) is 3.41. The zero-order valence-electron chi connectivity index (χ0n) is 7.40. The van der Waals surface area contributed by atoms with E-state index in [1.165, 1.54) is 24.3 Å². The van der Waals surface area contributed by atoms with Crippen LogP contribution in [-0.4, -0.2) is 16.3 Å². The molecule has 1 fully saturated rings. The van der Waals surface area contributed by atoms with E-state index in [9.17, 15) is 15.0 Å². The lowest BCUT2D eigenvalue weighted by molar-refractivity contribution is 0.426. The molecule has 1 aliphatic carbocycles. The van der Waals surface area contributed by atoms with E-state index in [2.05, 4.69) is 4.99 Å². The minimum absolute atomic E-state index is 0.0264. The number of carbonyl (C=O) groups excluding carboxylic acids is 1. The molecule has 1 aliphatic rings. The molecule has 0 bridgehead atoms. The van der Waals surface area contributed by atoms with Gasteiger partial charge in [0.15, 0.2) is 0 Å². The molecule has 0 aromatic heterocycles. The molecule has 0 aliphatic heterocycles. The summed E-state index contributed by atoms with van der Waals surface area (Å²) in [5.41, 5.74) is -0.389. The molecule has 2 rings (SSSR count). The van der Waals surface area contributed by atoms with Gasteiger partial charge < -0.3 is 10.2 Å². The highest BCUT2D eigenvalue weighted by Crippen LogP contribution is 2.54. The highest BCUT2D eigenvalue weighted by molar-refractivity contribution is 5.53. The van der Waals surface area contributed by atoms with Crippen LogP contribution >= 0.6 is 0 Å². The third kappa shape index (κ3) is 1.17. The minimum Gasteiger partial charge on any atom is -0.507 e. The number of nitrogens with zero attached hydrogens (tertiary/aromatic N) is 1. The average molecular weight is 191 g/mol. The minimum atomic E-state index is -0.725. The zero-order valence-corrected chi connectivity index (χ0v) is 7.40. The first kappa shape index (κ1) is 8.78. The molecule has 0 spiro atoms. The summed E-state index contributed by atoms with van der Waals surface area (Å²) in [6.07, 6.45) is 2.80. The molecular weight excluding hydrogens is 182 g/mol. The molecule has 0 atom stereocenters. The Balaban J connectivity index is 2.56. The van der Waals surface area contributed by atoms with Crippen molar-refractivity contribution in [1.82, 2.24) is 0 Å². The molecule has 0 amide bonds. The fraction of sp³-hybridized carbons (Fsp3) is 0.300. The number of phenolic OH excluding ortho intramolecular Hbond substituents is 2. The molecule has 72 valence electrons. The van der Waals surface area contributed by atoms with Crippen LogP contribution in [0.15, 0.2) is 23.2 Å². The molecule has 1 saturated carbocycles. The van der Waals surface area contributed by atoms with Gasteiger partial charge in [0.05, 0.1) is 5.56 Å². The van der Waals surface area contributed by atoms with Gasteiger partial charge in [-0.3, -0.25) is 0 Å². The smallest absolute Gasteiger partial charge is 0.235 e. The van der Waals surface area contributed by atoms with Crippen molar-refractivity contribution in [3.05, 3.63) is 23.8 Å². The van der Waals surface area contributed by atoms with E-state index in [4.69, 9.17) is 0 Å². The molecule has 14 heavy (non-hydrogen) atoms. The summed E-state index contributed by atoms with van der Waals surface area (Å²) < 4.78 is 0. The first-order valence-electron chi connectivity index (χ1n) is 4.30. The first-order chi connectivity index (χ1) is 6.69. The van der Waals surface area contributed by atoms with E-state index in [1.54, 1.807) is 0 Å². The first-order valence-corrected chi connectivity index (χ1v) is 4.30. The van der Waals surface area contributed by atoms with Gasteiger partial charge in [-0.1, -0.05) is 6.07 Å². The number of aromatic hydroxyl groups is 2. The molecule has 0 unspecified atom stereocenters. The van der Waals surface area contributed by atoms with Gasteiger partial charge >= 0.3 is 0 Å². The zero-order chi connectivity index (χ0) is 10.2. The number of isocyanates is 1. The van der Waals surface area contributed by atoms with E-state index in [0.29, 0.717) is 18.4 Å². The van der Waals surface area contributed by atoms with Gasteiger partial charge in [0, 0.05) is 0 Å². The van der Waals surface area contributed by atoms with Crippen LogP contribution in [0.5, 0.6) is 11.5 Å². The van der Waals surface area contributed by atoms with Crippen LogP contribution in [0.2, 0.25) is 0 Å². The highest BCUT2D eigenvalue weighted by atomic mass is 16.3. The third-order valence-electron chi connectivity index (χ3n) is 2.47. The molecule has 4 heteroatoms. The van der Waals surface area contributed by atoms with E-state index >= 15 is 0 Å². The molecule has 1 aromatic carbocycles. The van der Waals surface area contributed by atoms with Crippen LogP contribution in [0.4, 0.5) is 0 Å². The van der Waals surface area contributed by atoms with Gasteiger partial charge in [0.2, 0.25) is 6.08 Å².